The van der Waals surface area contributed by atoms with Crippen molar-refractivity contribution in [1.82, 2.24) is 4.98 Å². The van der Waals surface area contributed by atoms with E-state index in [2.05, 4.69) is 11.1 Å². The Balaban J connectivity index is 1.95. The van der Waals surface area contributed by atoms with Crippen molar-refractivity contribution in [3.8, 4) is 6.07 Å². The molecular weight excluding hydrogens is 259 g/mol. The van der Waals surface area contributed by atoms with Gasteiger partial charge in [-0.3, -0.25) is 4.98 Å². The van der Waals surface area contributed by atoms with Crippen molar-refractivity contribution in [2.45, 2.75) is 36.7 Å². The number of hydrogen-bond donors (Lipinski definition) is 0. The number of halogens is 1. The molecule has 0 aromatic carbocycles. The summed E-state index contributed by atoms with van der Waals surface area (Å²) in [6, 6.07) is 5.37. The molecule has 0 bridgehead atoms. The fourth-order valence-electron chi connectivity index (χ4n) is 3.36. The summed E-state index contributed by atoms with van der Waals surface area (Å²) >= 11 is 0. The first-order chi connectivity index (χ1) is 9.68. The van der Waals surface area contributed by atoms with Gasteiger partial charge < -0.3 is 9.47 Å². The number of ether oxygens (including phenoxy) is 2. The van der Waals surface area contributed by atoms with Gasteiger partial charge in [0.2, 0.25) is 0 Å². The standard InChI is InChI=1S/C15H17FN2O2/c16-12-1-2-13(18-9-12)14(3-6-17)4-8-20-15(10-14)5-7-19-11-15/h1-2,9H,3-5,7-8,10-11H2/t14-,15+/m0/s1. The Morgan fingerprint density at radius 1 is 1.35 bits per heavy atom. The van der Waals surface area contributed by atoms with E-state index >= 15 is 0 Å². The molecule has 0 aliphatic carbocycles. The average molecular weight is 276 g/mol. The topological polar surface area (TPSA) is 55.1 Å². The van der Waals surface area contributed by atoms with Crippen LogP contribution in [0.4, 0.5) is 4.39 Å². The van der Waals surface area contributed by atoms with Gasteiger partial charge in [0, 0.05) is 37.2 Å². The summed E-state index contributed by atoms with van der Waals surface area (Å²) in [4.78, 5) is 4.22. The van der Waals surface area contributed by atoms with E-state index in [1.165, 1.54) is 12.3 Å². The number of aromatic nitrogens is 1. The second kappa shape index (κ2) is 5.12. The first-order valence-corrected chi connectivity index (χ1v) is 6.89. The minimum atomic E-state index is -0.355. The molecule has 2 atom stereocenters. The molecular formula is C15H17FN2O2. The Bertz CT molecular complexity index is 520. The first-order valence-electron chi connectivity index (χ1n) is 6.89. The van der Waals surface area contributed by atoms with Gasteiger partial charge in [0.25, 0.3) is 0 Å². The van der Waals surface area contributed by atoms with E-state index in [-0.39, 0.29) is 16.8 Å². The van der Waals surface area contributed by atoms with Crippen molar-refractivity contribution in [2.24, 2.45) is 0 Å². The lowest BCUT2D eigenvalue weighted by Crippen LogP contribution is -2.48. The SMILES string of the molecule is N#CC[C@]1(c2ccc(F)cn2)CCO[C@]2(CCOC2)C1. The van der Waals surface area contributed by atoms with Crippen LogP contribution in [0.3, 0.4) is 0 Å². The summed E-state index contributed by atoms with van der Waals surface area (Å²) in [5.41, 5.74) is 0.134. The summed E-state index contributed by atoms with van der Waals surface area (Å²) in [6.45, 7) is 1.85. The number of nitriles is 1. The summed E-state index contributed by atoms with van der Waals surface area (Å²) in [5.74, 6) is -0.355. The molecule has 106 valence electrons. The van der Waals surface area contributed by atoms with Gasteiger partial charge in [-0.05, 0) is 25.0 Å². The van der Waals surface area contributed by atoms with Crippen LogP contribution in [-0.4, -0.2) is 30.4 Å². The highest BCUT2D eigenvalue weighted by Gasteiger charge is 2.49. The monoisotopic (exact) mass is 276 g/mol. The molecule has 2 fully saturated rings. The minimum absolute atomic E-state index is 0.300. The van der Waals surface area contributed by atoms with E-state index in [9.17, 15) is 9.65 Å². The van der Waals surface area contributed by atoms with Gasteiger partial charge >= 0.3 is 0 Å². The van der Waals surface area contributed by atoms with E-state index < -0.39 is 0 Å². The molecule has 5 heteroatoms. The van der Waals surface area contributed by atoms with Gasteiger partial charge in [-0.2, -0.15) is 5.26 Å². The molecule has 0 N–H and O–H groups in total. The molecule has 2 saturated heterocycles. The number of rotatable bonds is 2. The van der Waals surface area contributed by atoms with Gasteiger partial charge in [-0.15, -0.1) is 0 Å². The Kier molecular flexibility index (Phi) is 3.45. The van der Waals surface area contributed by atoms with Crippen molar-refractivity contribution < 1.29 is 13.9 Å². The van der Waals surface area contributed by atoms with Gasteiger partial charge in [0.15, 0.2) is 0 Å². The molecule has 3 heterocycles. The van der Waals surface area contributed by atoms with Gasteiger partial charge in [-0.25, -0.2) is 4.39 Å². The van der Waals surface area contributed by atoms with E-state index in [4.69, 9.17) is 9.47 Å². The summed E-state index contributed by atoms with van der Waals surface area (Å²) < 4.78 is 24.5. The molecule has 2 aliphatic rings. The van der Waals surface area contributed by atoms with Crippen LogP contribution in [0.5, 0.6) is 0 Å². The predicted molar refractivity (Wildman–Crippen MR) is 69.5 cm³/mol. The highest BCUT2D eigenvalue weighted by Crippen LogP contribution is 2.46. The highest BCUT2D eigenvalue weighted by molar-refractivity contribution is 5.22. The molecule has 3 rings (SSSR count). The van der Waals surface area contributed by atoms with Crippen molar-refractivity contribution in [2.75, 3.05) is 19.8 Å². The molecule has 1 aromatic rings. The van der Waals surface area contributed by atoms with Crippen LogP contribution in [0.2, 0.25) is 0 Å². The molecule has 1 aromatic heterocycles. The van der Waals surface area contributed by atoms with Gasteiger partial charge in [-0.1, -0.05) is 0 Å². The van der Waals surface area contributed by atoms with Crippen molar-refractivity contribution in [3.05, 3.63) is 29.8 Å². The lowest BCUT2D eigenvalue weighted by molar-refractivity contribution is -0.107. The van der Waals surface area contributed by atoms with Crippen LogP contribution in [0.15, 0.2) is 18.3 Å². The van der Waals surface area contributed by atoms with Crippen LogP contribution >= 0.6 is 0 Å². The largest absolute Gasteiger partial charge is 0.378 e. The van der Waals surface area contributed by atoms with Crippen molar-refractivity contribution >= 4 is 0 Å². The Morgan fingerprint density at radius 2 is 2.25 bits per heavy atom. The number of nitrogens with zero attached hydrogens (tertiary/aromatic N) is 2. The summed E-state index contributed by atoms with van der Waals surface area (Å²) in [7, 11) is 0. The predicted octanol–water partition coefficient (Wildman–Crippen LogP) is 2.34. The zero-order chi connectivity index (χ0) is 14.1. The Hall–Kier alpha value is -1.51. The quantitative estimate of drug-likeness (QED) is 0.832. The maximum absolute atomic E-state index is 13.1. The van der Waals surface area contributed by atoms with Crippen LogP contribution in [0.25, 0.3) is 0 Å². The third-order valence-corrected chi connectivity index (χ3v) is 4.40. The molecule has 4 nitrogen and oxygen atoms in total. The van der Waals surface area contributed by atoms with Gasteiger partial charge in [0.05, 0.1) is 24.5 Å². The molecule has 0 saturated carbocycles. The molecule has 20 heavy (non-hydrogen) atoms. The maximum Gasteiger partial charge on any atom is 0.141 e. The Labute approximate surface area is 117 Å². The van der Waals surface area contributed by atoms with Crippen LogP contribution in [0.1, 0.15) is 31.4 Å². The molecule has 0 radical (unpaired) electrons. The molecule has 0 unspecified atom stereocenters. The lowest BCUT2D eigenvalue weighted by atomic mass is 9.68. The van der Waals surface area contributed by atoms with E-state index in [1.807, 2.05) is 0 Å². The molecule has 1 spiro atoms. The van der Waals surface area contributed by atoms with E-state index in [0.29, 0.717) is 32.7 Å². The molecule has 0 amide bonds. The lowest BCUT2D eigenvalue weighted by Gasteiger charge is -2.44. The van der Waals surface area contributed by atoms with E-state index in [0.717, 1.165) is 18.5 Å². The summed E-state index contributed by atoms with van der Waals surface area (Å²) in [5, 5.41) is 9.21. The Morgan fingerprint density at radius 3 is 2.90 bits per heavy atom. The average Bonchev–Trinajstić information content (AvgIpc) is 2.87. The van der Waals surface area contributed by atoms with Crippen LogP contribution < -0.4 is 0 Å². The highest BCUT2D eigenvalue weighted by atomic mass is 19.1. The maximum atomic E-state index is 13.1. The third kappa shape index (κ3) is 2.30. The van der Waals surface area contributed by atoms with Gasteiger partial charge in [0.1, 0.15) is 5.82 Å². The zero-order valence-corrected chi connectivity index (χ0v) is 11.3. The number of pyridine rings is 1. The van der Waals surface area contributed by atoms with Crippen LogP contribution in [0, 0.1) is 17.1 Å². The smallest absolute Gasteiger partial charge is 0.141 e. The summed E-state index contributed by atoms with van der Waals surface area (Å²) in [6.07, 6.45) is 3.90. The molecule has 2 aliphatic heterocycles. The zero-order valence-electron chi connectivity index (χ0n) is 11.3. The van der Waals surface area contributed by atoms with Crippen molar-refractivity contribution in [3.63, 3.8) is 0 Å². The van der Waals surface area contributed by atoms with Crippen LogP contribution in [-0.2, 0) is 14.9 Å². The fraction of sp³-hybridized carbons (Fsp3) is 0.600. The second-order valence-corrected chi connectivity index (χ2v) is 5.74. The number of hydrogen-bond acceptors (Lipinski definition) is 4. The normalized spacial score (nSPS) is 33.2. The van der Waals surface area contributed by atoms with Crippen molar-refractivity contribution in [1.29, 1.82) is 5.26 Å². The third-order valence-electron chi connectivity index (χ3n) is 4.40. The first kappa shape index (κ1) is 13.5. The van der Waals surface area contributed by atoms with E-state index in [1.54, 1.807) is 6.07 Å². The second-order valence-electron chi connectivity index (χ2n) is 5.74. The minimum Gasteiger partial charge on any atom is -0.378 e. The fourth-order valence-corrected chi connectivity index (χ4v) is 3.36.